The highest BCUT2D eigenvalue weighted by atomic mass is 16.1. The molecule has 0 atom stereocenters. The van der Waals surface area contributed by atoms with Crippen LogP contribution in [0.15, 0.2) is 54.6 Å². The summed E-state index contributed by atoms with van der Waals surface area (Å²) in [6.45, 7) is 0. The second-order valence-corrected chi connectivity index (χ2v) is 6.20. The van der Waals surface area contributed by atoms with Crippen molar-refractivity contribution in [1.29, 1.82) is 0 Å². The summed E-state index contributed by atoms with van der Waals surface area (Å²) in [5.74, 6) is 0.0240. The van der Waals surface area contributed by atoms with Crippen molar-refractivity contribution < 1.29 is 4.79 Å². The zero-order valence-electron chi connectivity index (χ0n) is 13.4. The Kier molecular flexibility index (Phi) is 5.30. The number of benzene rings is 2. The zero-order chi connectivity index (χ0) is 15.9. The van der Waals surface area contributed by atoms with Crippen molar-refractivity contribution in [2.75, 3.05) is 5.32 Å². The normalized spacial score (nSPS) is 15.7. The lowest BCUT2D eigenvalue weighted by Crippen LogP contribution is -2.34. The summed E-state index contributed by atoms with van der Waals surface area (Å²) in [6, 6.07) is 18.0. The van der Waals surface area contributed by atoms with Gasteiger partial charge in [-0.2, -0.15) is 0 Å². The first kappa shape index (κ1) is 15.6. The van der Waals surface area contributed by atoms with Gasteiger partial charge in [-0.15, -0.1) is 0 Å². The first-order valence-corrected chi connectivity index (χ1v) is 8.55. The molecule has 2 aromatic carbocycles. The van der Waals surface area contributed by atoms with Crippen LogP contribution in [0.25, 0.3) is 0 Å². The monoisotopic (exact) mass is 308 g/mol. The Morgan fingerprint density at radius 2 is 1.48 bits per heavy atom. The number of amides is 1. The van der Waals surface area contributed by atoms with Gasteiger partial charge in [0.25, 0.3) is 5.91 Å². The summed E-state index contributed by atoms with van der Waals surface area (Å²) in [5.41, 5.74) is 2.55. The Morgan fingerprint density at radius 1 is 0.826 bits per heavy atom. The molecule has 1 amide bonds. The van der Waals surface area contributed by atoms with Crippen molar-refractivity contribution >= 4 is 17.3 Å². The lowest BCUT2D eigenvalue weighted by Gasteiger charge is -2.18. The van der Waals surface area contributed by atoms with Crippen LogP contribution in [0.1, 0.15) is 48.9 Å². The Morgan fingerprint density at radius 3 is 2.22 bits per heavy atom. The summed E-state index contributed by atoms with van der Waals surface area (Å²) < 4.78 is 0. The van der Waals surface area contributed by atoms with E-state index in [2.05, 4.69) is 10.6 Å². The number of rotatable bonds is 4. The predicted molar refractivity (Wildman–Crippen MR) is 95.1 cm³/mol. The summed E-state index contributed by atoms with van der Waals surface area (Å²) in [4.78, 5) is 12.7. The molecule has 0 aliphatic heterocycles. The summed E-state index contributed by atoms with van der Waals surface area (Å²) >= 11 is 0. The fraction of sp³-hybridized carbons (Fsp3) is 0.350. The third-order valence-corrected chi connectivity index (χ3v) is 4.41. The standard InChI is InChI=1S/C20H24N2O/c23-20(22-17-12-4-1-2-5-13-17)18-14-8-9-15-19(18)21-16-10-6-3-7-11-16/h3,6-11,14-15,17,21H,1-2,4-5,12-13H2,(H,22,23). The quantitative estimate of drug-likeness (QED) is 0.790. The number of hydrogen-bond acceptors (Lipinski definition) is 2. The molecule has 0 heterocycles. The highest BCUT2D eigenvalue weighted by Gasteiger charge is 2.17. The molecule has 0 unspecified atom stereocenters. The fourth-order valence-corrected chi connectivity index (χ4v) is 3.15. The minimum atomic E-state index is 0.0240. The molecule has 0 aromatic heterocycles. The van der Waals surface area contributed by atoms with Gasteiger partial charge in [-0.05, 0) is 37.1 Å². The summed E-state index contributed by atoms with van der Waals surface area (Å²) in [7, 11) is 0. The van der Waals surface area contributed by atoms with Gasteiger partial charge in [0.2, 0.25) is 0 Å². The SMILES string of the molecule is O=C(NC1CCCCCC1)c1ccccc1Nc1ccccc1. The first-order valence-electron chi connectivity index (χ1n) is 8.55. The van der Waals surface area contributed by atoms with Gasteiger partial charge < -0.3 is 10.6 Å². The maximum Gasteiger partial charge on any atom is 0.253 e. The van der Waals surface area contributed by atoms with E-state index in [9.17, 15) is 4.79 Å². The molecule has 1 aliphatic carbocycles. The van der Waals surface area contributed by atoms with Gasteiger partial charge in [-0.1, -0.05) is 56.0 Å². The van der Waals surface area contributed by atoms with Crippen molar-refractivity contribution in [3.8, 4) is 0 Å². The summed E-state index contributed by atoms with van der Waals surface area (Å²) in [6.07, 6.45) is 7.21. The maximum absolute atomic E-state index is 12.7. The average molecular weight is 308 g/mol. The van der Waals surface area contributed by atoms with E-state index >= 15 is 0 Å². The molecule has 1 aliphatic rings. The molecule has 120 valence electrons. The minimum Gasteiger partial charge on any atom is -0.355 e. The smallest absolute Gasteiger partial charge is 0.253 e. The molecular formula is C20H24N2O. The molecule has 2 N–H and O–H groups in total. The molecule has 0 saturated heterocycles. The van der Waals surface area contributed by atoms with Crippen LogP contribution in [0.3, 0.4) is 0 Å². The largest absolute Gasteiger partial charge is 0.355 e. The minimum absolute atomic E-state index is 0.0240. The highest BCUT2D eigenvalue weighted by molar-refractivity contribution is 6.00. The topological polar surface area (TPSA) is 41.1 Å². The molecule has 0 radical (unpaired) electrons. The first-order chi connectivity index (χ1) is 11.3. The predicted octanol–water partition coefficient (Wildman–Crippen LogP) is 4.88. The zero-order valence-corrected chi connectivity index (χ0v) is 13.4. The average Bonchev–Trinajstić information content (AvgIpc) is 2.85. The molecule has 23 heavy (non-hydrogen) atoms. The van der Waals surface area contributed by atoms with Gasteiger partial charge in [-0.25, -0.2) is 0 Å². The van der Waals surface area contributed by atoms with Crippen LogP contribution in [-0.4, -0.2) is 11.9 Å². The van der Waals surface area contributed by atoms with Crippen LogP contribution in [-0.2, 0) is 0 Å². The van der Waals surface area contributed by atoms with Crippen molar-refractivity contribution in [3.05, 3.63) is 60.2 Å². The number of para-hydroxylation sites is 2. The second kappa shape index (κ2) is 7.82. The van der Waals surface area contributed by atoms with Crippen LogP contribution >= 0.6 is 0 Å². The molecule has 3 heteroatoms. The van der Waals surface area contributed by atoms with Crippen LogP contribution in [0, 0.1) is 0 Å². The third kappa shape index (κ3) is 4.35. The highest BCUT2D eigenvalue weighted by Crippen LogP contribution is 2.22. The molecule has 1 fully saturated rings. The molecule has 3 rings (SSSR count). The molecular weight excluding hydrogens is 284 g/mol. The Hall–Kier alpha value is -2.29. The van der Waals surface area contributed by atoms with E-state index < -0.39 is 0 Å². The van der Waals surface area contributed by atoms with E-state index in [1.807, 2.05) is 54.6 Å². The van der Waals surface area contributed by atoms with E-state index in [0.29, 0.717) is 11.6 Å². The molecule has 1 saturated carbocycles. The van der Waals surface area contributed by atoms with Crippen molar-refractivity contribution in [3.63, 3.8) is 0 Å². The third-order valence-electron chi connectivity index (χ3n) is 4.41. The molecule has 2 aromatic rings. The van der Waals surface area contributed by atoms with Crippen molar-refractivity contribution in [1.82, 2.24) is 5.32 Å². The maximum atomic E-state index is 12.7. The van der Waals surface area contributed by atoms with Gasteiger partial charge in [-0.3, -0.25) is 4.79 Å². The van der Waals surface area contributed by atoms with Gasteiger partial charge in [0.05, 0.1) is 11.3 Å². The van der Waals surface area contributed by atoms with E-state index in [4.69, 9.17) is 0 Å². The van der Waals surface area contributed by atoms with Gasteiger partial charge in [0.1, 0.15) is 0 Å². The Bertz CT molecular complexity index is 631. The van der Waals surface area contributed by atoms with Crippen LogP contribution in [0.5, 0.6) is 0 Å². The molecule has 0 spiro atoms. The summed E-state index contributed by atoms with van der Waals surface area (Å²) in [5, 5.41) is 6.56. The molecule has 3 nitrogen and oxygen atoms in total. The Balaban J connectivity index is 1.72. The number of hydrogen-bond donors (Lipinski definition) is 2. The van der Waals surface area contributed by atoms with E-state index in [-0.39, 0.29) is 5.91 Å². The van der Waals surface area contributed by atoms with Crippen LogP contribution < -0.4 is 10.6 Å². The van der Waals surface area contributed by atoms with E-state index in [1.54, 1.807) is 0 Å². The number of anilines is 2. The van der Waals surface area contributed by atoms with E-state index in [0.717, 1.165) is 24.2 Å². The van der Waals surface area contributed by atoms with Crippen LogP contribution in [0.4, 0.5) is 11.4 Å². The lowest BCUT2D eigenvalue weighted by atomic mass is 10.1. The van der Waals surface area contributed by atoms with Gasteiger partial charge >= 0.3 is 0 Å². The number of nitrogens with one attached hydrogen (secondary N) is 2. The van der Waals surface area contributed by atoms with Gasteiger partial charge in [0, 0.05) is 11.7 Å². The molecule has 0 bridgehead atoms. The van der Waals surface area contributed by atoms with Crippen LogP contribution in [0.2, 0.25) is 0 Å². The lowest BCUT2D eigenvalue weighted by molar-refractivity contribution is 0.0934. The van der Waals surface area contributed by atoms with Gasteiger partial charge in [0.15, 0.2) is 0 Å². The number of carbonyl (C=O) groups is 1. The van der Waals surface area contributed by atoms with E-state index in [1.165, 1.54) is 25.7 Å². The Labute approximate surface area is 138 Å². The van der Waals surface area contributed by atoms with Crippen molar-refractivity contribution in [2.45, 2.75) is 44.6 Å². The number of carbonyl (C=O) groups excluding carboxylic acids is 1. The fourth-order valence-electron chi connectivity index (χ4n) is 3.15. The second-order valence-electron chi connectivity index (χ2n) is 6.20. The van der Waals surface area contributed by atoms with Crippen molar-refractivity contribution in [2.24, 2.45) is 0 Å².